The molecule has 1 aliphatic heterocycles. The van der Waals surface area contributed by atoms with Crippen LogP contribution in [0.1, 0.15) is 28.5 Å². The number of pyridine rings is 1. The number of β-amino-alcohol motifs (C(OH)–C–C–N with tert-alkyl or cyclic N) is 1. The number of aryl methyl sites for hydroxylation is 2. The van der Waals surface area contributed by atoms with Crippen LogP contribution in [0.15, 0.2) is 52.5 Å². The van der Waals surface area contributed by atoms with Crippen molar-refractivity contribution in [2.24, 2.45) is 5.92 Å². The van der Waals surface area contributed by atoms with Gasteiger partial charge in [-0.1, -0.05) is 6.07 Å². The van der Waals surface area contributed by atoms with Crippen LogP contribution >= 0.6 is 11.8 Å². The largest absolute Gasteiger partial charge is 0.386 e. The van der Waals surface area contributed by atoms with Gasteiger partial charge in [0.2, 0.25) is 0 Å². The minimum absolute atomic E-state index is 0. The molecule has 3 aromatic heterocycles. The van der Waals surface area contributed by atoms with Crippen molar-refractivity contribution in [3.05, 3.63) is 53.9 Å². The Hall–Kier alpha value is -3.17. The van der Waals surface area contributed by atoms with Gasteiger partial charge in [-0.05, 0) is 68.6 Å². The molecule has 1 aliphatic carbocycles. The quantitative estimate of drug-likeness (QED) is 0.343. The molecule has 0 amide bonds. The van der Waals surface area contributed by atoms with Crippen LogP contribution in [-0.4, -0.2) is 48.9 Å². The molecule has 3 N–H and O–H groups in total. The highest BCUT2D eigenvalue weighted by molar-refractivity contribution is 7.99. The number of H-pyrrole nitrogens is 1. The minimum Gasteiger partial charge on any atom is -0.386 e. The number of aromatic nitrogens is 5. The summed E-state index contributed by atoms with van der Waals surface area (Å²) in [6.07, 6.45) is 2.24. The molecule has 4 aromatic rings. The number of benzene rings is 1. The van der Waals surface area contributed by atoms with E-state index in [2.05, 4.69) is 43.6 Å². The zero-order chi connectivity index (χ0) is 22.6. The molecule has 9 heteroatoms. The van der Waals surface area contributed by atoms with Crippen molar-refractivity contribution < 1.29 is 9.39 Å². The van der Waals surface area contributed by atoms with Crippen LogP contribution in [0.5, 0.6) is 0 Å². The van der Waals surface area contributed by atoms with E-state index in [-0.39, 0.29) is 4.28 Å². The van der Waals surface area contributed by atoms with Crippen molar-refractivity contribution in [1.82, 2.24) is 25.1 Å². The van der Waals surface area contributed by atoms with Crippen molar-refractivity contribution in [3.8, 4) is 0 Å². The van der Waals surface area contributed by atoms with Crippen LogP contribution < -0.4 is 10.2 Å². The van der Waals surface area contributed by atoms with E-state index < -0.39 is 5.60 Å². The fourth-order valence-corrected chi connectivity index (χ4v) is 5.14. The highest BCUT2D eigenvalue weighted by Crippen LogP contribution is 2.45. The van der Waals surface area contributed by atoms with Gasteiger partial charge < -0.3 is 15.3 Å². The number of hydrogen-bond donors (Lipinski definition) is 3. The summed E-state index contributed by atoms with van der Waals surface area (Å²) >= 11 is 1.51. The summed E-state index contributed by atoms with van der Waals surface area (Å²) in [6, 6.07) is 14.2. The van der Waals surface area contributed by atoms with Crippen molar-refractivity contribution in [2.45, 2.75) is 42.3 Å². The Labute approximate surface area is 200 Å². The van der Waals surface area contributed by atoms with E-state index in [0.29, 0.717) is 35.8 Å². The van der Waals surface area contributed by atoms with Crippen molar-refractivity contribution in [3.63, 3.8) is 0 Å². The molecule has 0 unspecified atom stereocenters. The first-order valence-corrected chi connectivity index (χ1v) is 12.0. The molecule has 0 radical (unpaired) electrons. The second kappa shape index (κ2) is 7.71. The highest BCUT2D eigenvalue weighted by atomic mass is 32.2. The number of fused-ring (bicyclic) bond motifs is 1. The van der Waals surface area contributed by atoms with Crippen molar-refractivity contribution in [1.29, 1.82) is 0 Å². The fourth-order valence-electron chi connectivity index (χ4n) is 4.33. The summed E-state index contributed by atoms with van der Waals surface area (Å²) in [5.74, 6) is 2.63. The summed E-state index contributed by atoms with van der Waals surface area (Å²) in [4.78, 5) is 17.3. The monoisotopic (exact) mass is 465 g/mol. The lowest BCUT2D eigenvalue weighted by Gasteiger charge is -2.47. The topological polar surface area (TPSA) is 103 Å². The van der Waals surface area contributed by atoms with Gasteiger partial charge in [-0.2, -0.15) is 5.10 Å². The normalized spacial score (nSPS) is 17.2. The molecule has 6 rings (SSSR count). The van der Waals surface area contributed by atoms with E-state index in [1.807, 2.05) is 38.1 Å². The van der Waals surface area contributed by atoms with Gasteiger partial charge in [0, 0.05) is 38.1 Å². The molecule has 8 nitrogen and oxygen atoms in total. The van der Waals surface area contributed by atoms with E-state index in [9.17, 15) is 5.11 Å². The van der Waals surface area contributed by atoms with E-state index in [1.54, 1.807) is 0 Å². The second-order valence-electron chi connectivity index (χ2n) is 9.10. The summed E-state index contributed by atoms with van der Waals surface area (Å²) in [5, 5.41) is 23.0. The standard InChI is InChI=1S/C24H25N7OS.3H2/c1-14-3-4-16-10-18(7-8-19(16)25-14)33-23-27-20(26-21-9-15(2)29-30-21)11-22(28-23)31-12-24(32,13-31)17-5-6-17;;;/h3-4,7-11,17,32H,5-6,12-13H2,1-2H3,(H2,26,27,28,29,30);3*1H. The van der Waals surface area contributed by atoms with Gasteiger partial charge in [-0.3, -0.25) is 10.1 Å². The average Bonchev–Trinajstić information content (AvgIpc) is 3.54. The number of hydrogen-bond acceptors (Lipinski definition) is 8. The first-order chi connectivity index (χ1) is 15.9. The van der Waals surface area contributed by atoms with Crippen LogP contribution in [0.2, 0.25) is 0 Å². The van der Waals surface area contributed by atoms with Gasteiger partial charge in [0.05, 0.1) is 18.6 Å². The van der Waals surface area contributed by atoms with Crippen LogP contribution in [0, 0.1) is 19.8 Å². The van der Waals surface area contributed by atoms with Gasteiger partial charge in [-0.15, -0.1) is 0 Å². The predicted octanol–water partition coefficient (Wildman–Crippen LogP) is 4.96. The first kappa shape index (κ1) is 20.4. The van der Waals surface area contributed by atoms with Crippen molar-refractivity contribution >= 4 is 40.1 Å². The number of anilines is 3. The number of nitrogens with zero attached hydrogens (tertiary/aromatic N) is 5. The summed E-state index contributed by atoms with van der Waals surface area (Å²) in [5.41, 5.74) is 2.38. The zero-order valence-electron chi connectivity index (χ0n) is 18.5. The van der Waals surface area contributed by atoms with Gasteiger partial charge >= 0.3 is 0 Å². The van der Waals surface area contributed by atoms with E-state index in [1.165, 1.54) is 11.8 Å². The van der Waals surface area contributed by atoms with Gasteiger partial charge in [0.1, 0.15) is 17.2 Å². The third kappa shape index (κ3) is 4.14. The molecular formula is C24H31N7OS. The Morgan fingerprint density at radius 2 is 1.91 bits per heavy atom. The molecule has 1 aromatic carbocycles. The van der Waals surface area contributed by atoms with E-state index >= 15 is 0 Å². The summed E-state index contributed by atoms with van der Waals surface area (Å²) in [7, 11) is 0. The van der Waals surface area contributed by atoms with E-state index in [0.717, 1.165) is 45.8 Å². The molecule has 2 aliphatic rings. The first-order valence-electron chi connectivity index (χ1n) is 11.1. The molecule has 1 saturated carbocycles. The molecule has 0 bridgehead atoms. The average molecular weight is 466 g/mol. The molecule has 1 saturated heterocycles. The number of nitrogens with one attached hydrogen (secondary N) is 2. The number of rotatable bonds is 6. The maximum atomic E-state index is 10.8. The predicted molar refractivity (Wildman–Crippen MR) is 135 cm³/mol. The molecule has 33 heavy (non-hydrogen) atoms. The third-order valence-electron chi connectivity index (χ3n) is 6.25. The molecule has 0 atom stereocenters. The Morgan fingerprint density at radius 3 is 2.67 bits per heavy atom. The number of aromatic amines is 1. The van der Waals surface area contributed by atoms with Gasteiger partial charge in [0.25, 0.3) is 0 Å². The Balaban J connectivity index is 0.00000120. The van der Waals surface area contributed by atoms with Crippen molar-refractivity contribution in [2.75, 3.05) is 23.3 Å². The Kier molecular flexibility index (Phi) is 4.77. The molecule has 4 heterocycles. The lowest BCUT2D eigenvalue weighted by molar-refractivity contribution is -0.00980. The maximum absolute atomic E-state index is 10.8. The Bertz CT molecular complexity index is 1360. The minimum atomic E-state index is -0.575. The molecule has 174 valence electrons. The second-order valence-corrected chi connectivity index (χ2v) is 10.1. The molecule has 2 fully saturated rings. The van der Waals surface area contributed by atoms with Gasteiger partial charge in [0.15, 0.2) is 11.0 Å². The maximum Gasteiger partial charge on any atom is 0.196 e. The lowest BCUT2D eigenvalue weighted by Crippen LogP contribution is -2.63. The highest BCUT2D eigenvalue weighted by Gasteiger charge is 2.52. The van der Waals surface area contributed by atoms with Gasteiger partial charge in [-0.25, -0.2) is 9.97 Å². The molecule has 0 spiro atoms. The lowest BCUT2D eigenvalue weighted by atomic mass is 9.89. The number of aliphatic hydroxyl groups is 1. The Morgan fingerprint density at radius 1 is 1.06 bits per heavy atom. The zero-order valence-corrected chi connectivity index (χ0v) is 19.4. The SMILES string of the molecule is Cc1ccc2cc(Sc3nc(Nc4cc(C)[nH]n4)cc(N4CC(O)(C5CC5)C4)n3)ccc2n1.[HH].[HH].[HH]. The fraction of sp³-hybridized carbons (Fsp3) is 0.333. The van der Waals surface area contributed by atoms with Crippen LogP contribution in [-0.2, 0) is 0 Å². The van der Waals surface area contributed by atoms with Crippen LogP contribution in [0.25, 0.3) is 10.9 Å². The summed E-state index contributed by atoms with van der Waals surface area (Å²) in [6.45, 7) is 5.18. The smallest absolute Gasteiger partial charge is 0.196 e. The van der Waals surface area contributed by atoms with E-state index in [4.69, 9.17) is 9.97 Å². The molecular weight excluding hydrogens is 434 g/mol. The van der Waals surface area contributed by atoms with Crippen LogP contribution in [0.3, 0.4) is 0 Å². The summed E-state index contributed by atoms with van der Waals surface area (Å²) < 4.78 is 0. The van der Waals surface area contributed by atoms with Crippen LogP contribution in [0.4, 0.5) is 17.5 Å². The third-order valence-corrected chi connectivity index (χ3v) is 7.11.